The number of aromatic carboxylic acids is 1. The van der Waals surface area contributed by atoms with Crippen molar-refractivity contribution in [1.82, 2.24) is 0 Å². The summed E-state index contributed by atoms with van der Waals surface area (Å²) in [5.74, 6) is -2.10. The third-order valence-electron chi connectivity index (χ3n) is 3.31. The minimum absolute atomic E-state index is 0.157. The van der Waals surface area contributed by atoms with E-state index in [1.807, 2.05) is 0 Å². The molecule has 0 bridgehead atoms. The average molecular weight is 300 g/mol. The molecule has 114 valence electrons. The van der Waals surface area contributed by atoms with Crippen molar-refractivity contribution in [3.8, 4) is 11.1 Å². The van der Waals surface area contributed by atoms with Gasteiger partial charge in [-0.15, -0.1) is 0 Å². The van der Waals surface area contributed by atoms with E-state index in [4.69, 9.17) is 21.7 Å². The Kier molecular flexibility index (Phi) is 4.43. The highest BCUT2D eigenvalue weighted by Gasteiger charge is 2.14. The Morgan fingerprint density at radius 2 is 1.82 bits per heavy atom. The maximum atomic E-state index is 11.0. The quantitative estimate of drug-likeness (QED) is 0.621. The zero-order valence-electron chi connectivity index (χ0n) is 11.7. The Labute approximate surface area is 127 Å². The van der Waals surface area contributed by atoms with Crippen LogP contribution < -0.4 is 11.5 Å². The Morgan fingerprint density at radius 3 is 2.45 bits per heavy atom. The first-order chi connectivity index (χ1) is 10.4. The average Bonchev–Trinajstić information content (AvgIpc) is 2.49. The number of anilines is 1. The molecule has 2 aromatic carbocycles. The minimum Gasteiger partial charge on any atom is -0.480 e. The SMILES string of the molecule is Nc1ccc(CC(N)C(=O)O)cc1-c1cccc(C(=O)O)c1. The molecule has 0 spiro atoms. The van der Waals surface area contributed by atoms with Crippen LogP contribution in [0.25, 0.3) is 11.1 Å². The monoisotopic (exact) mass is 300 g/mol. The molecule has 2 aromatic rings. The molecule has 6 heteroatoms. The standard InChI is InChI=1S/C16H16N2O4/c17-13-5-4-9(7-14(18)16(21)22)6-12(13)10-2-1-3-11(8-10)15(19)20/h1-6,8,14H,7,17-18H2,(H,19,20)(H,21,22). The third-order valence-corrected chi connectivity index (χ3v) is 3.31. The molecule has 0 aliphatic rings. The largest absolute Gasteiger partial charge is 0.480 e. The zero-order chi connectivity index (χ0) is 16.3. The highest BCUT2D eigenvalue weighted by molar-refractivity contribution is 5.90. The van der Waals surface area contributed by atoms with Gasteiger partial charge in [0.05, 0.1) is 5.56 Å². The summed E-state index contributed by atoms with van der Waals surface area (Å²) in [6, 6.07) is 10.5. The fourth-order valence-electron chi connectivity index (χ4n) is 2.14. The van der Waals surface area contributed by atoms with Gasteiger partial charge in [-0.2, -0.15) is 0 Å². The first-order valence-electron chi connectivity index (χ1n) is 6.59. The molecule has 0 saturated carbocycles. The van der Waals surface area contributed by atoms with E-state index in [0.717, 1.165) is 5.56 Å². The van der Waals surface area contributed by atoms with Crippen LogP contribution in [0.4, 0.5) is 5.69 Å². The highest BCUT2D eigenvalue weighted by atomic mass is 16.4. The molecular formula is C16H16N2O4. The third kappa shape index (κ3) is 3.42. The molecule has 0 amide bonds. The molecule has 0 aliphatic heterocycles. The lowest BCUT2D eigenvalue weighted by Crippen LogP contribution is -2.32. The van der Waals surface area contributed by atoms with E-state index in [9.17, 15) is 9.59 Å². The first-order valence-corrected chi connectivity index (χ1v) is 6.59. The van der Waals surface area contributed by atoms with Crippen molar-refractivity contribution in [2.24, 2.45) is 5.73 Å². The molecule has 22 heavy (non-hydrogen) atoms. The second-order valence-corrected chi connectivity index (χ2v) is 4.96. The normalized spacial score (nSPS) is 11.9. The van der Waals surface area contributed by atoms with Gasteiger partial charge in [-0.3, -0.25) is 4.79 Å². The zero-order valence-corrected chi connectivity index (χ0v) is 11.7. The Hall–Kier alpha value is -2.86. The fourth-order valence-corrected chi connectivity index (χ4v) is 2.14. The lowest BCUT2D eigenvalue weighted by molar-refractivity contribution is -0.138. The molecule has 1 unspecified atom stereocenters. The van der Waals surface area contributed by atoms with Crippen molar-refractivity contribution in [1.29, 1.82) is 0 Å². The van der Waals surface area contributed by atoms with Crippen LogP contribution in [0.5, 0.6) is 0 Å². The van der Waals surface area contributed by atoms with E-state index >= 15 is 0 Å². The van der Waals surface area contributed by atoms with E-state index in [1.165, 1.54) is 12.1 Å². The molecular weight excluding hydrogens is 284 g/mol. The van der Waals surface area contributed by atoms with Crippen LogP contribution in [-0.4, -0.2) is 28.2 Å². The van der Waals surface area contributed by atoms with E-state index in [-0.39, 0.29) is 12.0 Å². The number of rotatable bonds is 5. The number of hydrogen-bond acceptors (Lipinski definition) is 4. The molecule has 6 nitrogen and oxygen atoms in total. The molecule has 0 saturated heterocycles. The van der Waals surface area contributed by atoms with Crippen molar-refractivity contribution >= 4 is 17.6 Å². The topological polar surface area (TPSA) is 127 Å². The van der Waals surface area contributed by atoms with Gasteiger partial charge in [-0.05, 0) is 41.8 Å². The molecule has 6 N–H and O–H groups in total. The lowest BCUT2D eigenvalue weighted by Gasteiger charge is -2.11. The Morgan fingerprint density at radius 1 is 1.09 bits per heavy atom. The van der Waals surface area contributed by atoms with Crippen LogP contribution in [0.3, 0.4) is 0 Å². The van der Waals surface area contributed by atoms with Crippen molar-refractivity contribution in [3.05, 3.63) is 53.6 Å². The number of nitrogens with two attached hydrogens (primary N) is 2. The smallest absolute Gasteiger partial charge is 0.335 e. The van der Waals surface area contributed by atoms with Crippen LogP contribution >= 0.6 is 0 Å². The van der Waals surface area contributed by atoms with Gasteiger partial charge in [0.1, 0.15) is 6.04 Å². The molecule has 0 aliphatic carbocycles. The number of benzene rings is 2. The molecule has 0 radical (unpaired) electrons. The van der Waals surface area contributed by atoms with Crippen LogP contribution in [0, 0.1) is 0 Å². The molecule has 0 heterocycles. The van der Waals surface area contributed by atoms with E-state index in [0.29, 0.717) is 16.8 Å². The van der Waals surface area contributed by atoms with Crippen LogP contribution in [0.1, 0.15) is 15.9 Å². The Balaban J connectivity index is 2.40. The number of nitrogen functional groups attached to an aromatic ring is 1. The number of hydrogen-bond donors (Lipinski definition) is 4. The van der Waals surface area contributed by atoms with Crippen molar-refractivity contribution < 1.29 is 19.8 Å². The van der Waals surface area contributed by atoms with Crippen molar-refractivity contribution in [2.75, 3.05) is 5.73 Å². The summed E-state index contributed by atoms with van der Waals surface area (Å²) in [5.41, 5.74) is 14.1. The van der Waals surface area contributed by atoms with Crippen LogP contribution in [-0.2, 0) is 11.2 Å². The summed E-state index contributed by atoms with van der Waals surface area (Å²) >= 11 is 0. The van der Waals surface area contributed by atoms with Gasteiger partial charge in [0, 0.05) is 11.3 Å². The van der Waals surface area contributed by atoms with E-state index < -0.39 is 18.0 Å². The number of carbonyl (C=O) groups is 2. The van der Waals surface area contributed by atoms with Gasteiger partial charge in [0.15, 0.2) is 0 Å². The summed E-state index contributed by atoms with van der Waals surface area (Å²) < 4.78 is 0. The minimum atomic E-state index is -1.08. The fraction of sp³-hybridized carbons (Fsp3) is 0.125. The molecule has 2 rings (SSSR count). The van der Waals surface area contributed by atoms with Crippen LogP contribution in [0.15, 0.2) is 42.5 Å². The summed E-state index contributed by atoms with van der Waals surface area (Å²) in [7, 11) is 0. The molecule has 1 atom stereocenters. The van der Waals surface area contributed by atoms with Crippen LogP contribution in [0.2, 0.25) is 0 Å². The van der Waals surface area contributed by atoms with Gasteiger partial charge in [0.25, 0.3) is 0 Å². The summed E-state index contributed by atoms with van der Waals surface area (Å²) in [4.78, 5) is 21.9. The highest BCUT2D eigenvalue weighted by Crippen LogP contribution is 2.28. The summed E-state index contributed by atoms with van der Waals surface area (Å²) in [6.45, 7) is 0. The number of carboxylic acids is 2. The predicted molar refractivity (Wildman–Crippen MR) is 82.6 cm³/mol. The summed E-state index contributed by atoms with van der Waals surface area (Å²) in [6.07, 6.45) is 0.168. The summed E-state index contributed by atoms with van der Waals surface area (Å²) in [5, 5.41) is 17.9. The van der Waals surface area contributed by atoms with E-state index in [2.05, 4.69) is 0 Å². The number of aliphatic carboxylic acids is 1. The van der Waals surface area contributed by atoms with E-state index in [1.54, 1.807) is 30.3 Å². The maximum absolute atomic E-state index is 11.0. The predicted octanol–water partition coefficient (Wildman–Crippen LogP) is 1.59. The van der Waals surface area contributed by atoms with Crippen molar-refractivity contribution in [2.45, 2.75) is 12.5 Å². The number of carboxylic acid groups (broad SMARTS) is 2. The van der Waals surface area contributed by atoms with Gasteiger partial charge in [-0.1, -0.05) is 18.2 Å². The maximum Gasteiger partial charge on any atom is 0.335 e. The van der Waals surface area contributed by atoms with Crippen molar-refractivity contribution in [3.63, 3.8) is 0 Å². The van der Waals surface area contributed by atoms with Gasteiger partial charge < -0.3 is 21.7 Å². The van der Waals surface area contributed by atoms with Gasteiger partial charge in [0.2, 0.25) is 0 Å². The second-order valence-electron chi connectivity index (χ2n) is 4.96. The molecule has 0 aromatic heterocycles. The van der Waals surface area contributed by atoms with Gasteiger partial charge in [-0.25, -0.2) is 4.79 Å². The first kappa shape index (κ1) is 15.5. The second kappa shape index (κ2) is 6.28. The van der Waals surface area contributed by atoms with Gasteiger partial charge >= 0.3 is 11.9 Å². The molecule has 0 fully saturated rings. The lowest BCUT2D eigenvalue weighted by atomic mass is 9.97. The Bertz CT molecular complexity index is 728.